The zero-order valence-corrected chi connectivity index (χ0v) is 7.31. The largest absolute Gasteiger partial charge is 0.481 e. The molecule has 0 aliphatic carbocycles. The summed E-state index contributed by atoms with van der Waals surface area (Å²) in [4.78, 5) is 10.3. The van der Waals surface area contributed by atoms with Gasteiger partial charge in [-0.05, 0) is 17.7 Å². The monoisotopic (exact) mass is 203 g/mol. The van der Waals surface area contributed by atoms with E-state index < -0.39 is 11.8 Å². The molecule has 70 valence electrons. The maximum atomic E-state index is 12.9. The van der Waals surface area contributed by atoms with Crippen LogP contribution in [0.25, 0.3) is 0 Å². The first kappa shape index (κ1) is 9.80. The Morgan fingerprint density at radius 3 is 2.77 bits per heavy atom. The number of carboxylic acid groups (broad SMARTS) is 1. The number of hydrogen-bond donors (Lipinski definition) is 2. The summed E-state index contributed by atoms with van der Waals surface area (Å²) in [6.07, 6.45) is -0.330. The highest BCUT2D eigenvalue weighted by Gasteiger charge is 2.09. The third-order valence-electron chi connectivity index (χ3n) is 1.52. The topological polar surface area (TPSA) is 63.3 Å². The van der Waals surface area contributed by atoms with Gasteiger partial charge in [-0.3, -0.25) is 4.79 Å². The van der Waals surface area contributed by atoms with Gasteiger partial charge in [0.2, 0.25) is 0 Å². The van der Waals surface area contributed by atoms with Crippen LogP contribution in [0.15, 0.2) is 12.1 Å². The first-order valence-corrected chi connectivity index (χ1v) is 3.83. The predicted molar refractivity (Wildman–Crippen MR) is 47.2 cm³/mol. The summed E-state index contributed by atoms with van der Waals surface area (Å²) < 4.78 is 12.9. The van der Waals surface area contributed by atoms with Crippen LogP contribution in [0.4, 0.5) is 10.1 Å². The van der Waals surface area contributed by atoms with Gasteiger partial charge in [-0.25, -0.2) is 4.39 Å². The van der Waals surface area contributed by atoms with Crippen LogP contribution in [0, 0.1) is 5.82 Å². The number of halogens is 2. The molecular formula is C8H7ClFNO2. The van der Waals surface area contributed by atoms with Crippen molar-refractivity contribution in [3.05, 3.63) is 28.5 Å². The Morgan fingerprint density at radius 1 is 1.62 bits per heavy atom. The van der Waals surface area contributed by atoms with E-state index in [9.17, 15) is 9.18 Å². The van der Waals surface area contributed by atoms with Gasteiger partial charge in [0.1, 0.15) is 5.82 Å². The van der Waals surface area contributed by atoms with Crippen molar-refractivity contribution in [1.29, 1.82) is 0 Å². The van der Waals surface area contributed by atoms with Gasteiger partial charge in [-0.2, -0.15) is 0 Å². The van der Waals surface area contributed by atoms with E-state index >= 15 is 0 Å². The van der Waals surface area contributed by atoms with E-state index in [0.717, 1.165) is 6.07 Å². The molecule has 0 heterocycles. The van der Waals surface area contributed by atoms with Crippen LogP contribution in [-0.4, -0.2) is 11.1 Å². The molecule has 1 aromatic rings. The standard InChI is InChI=1S/C8H7ClFNO2/c9-5-1-4(2-7(12)13)8(11)6(10)3-5/h1,3H,2,11H2,(H,12,13). The second kappa shape index (κ2) is 3.62. The van der Waals surface area contributed by atoms with Crippen molar-refractivity contribution < 1.29 is 14.3 Å². The zero-order chi connectivity index (χ0) is 10.0. The number of carbonyl (C=O) groups is 1. The number of benzene rings is 1. The van der Waals surface area contributed by atoms with Crippen molar-refractivity contribution in [2.75, 3.05) is 5.73 Å². The van der Waals surface area contributed by atoms with Crippen molar-refractivity contribution >= 4 is 23.3 Å². The maximum Gasteiger partial charge on any atom is 0.307 e. The third kappa shape index (κ3) is 2.32. The smallest absolute Gasteiger partial charge is 0.307 e. The van der Waals surface area contributed by atoms with Gasteiger partial charge in [0.25, 0.3) is 0 Å². The highest BCUT2D eigenvalue weighted by atomic mass is 35.5. The summed E-state index contributed by atoms with van der Waals surface area (Å²) in [5.74, 6) is -1.77. The summed E-state index contributed by atoms with van der Waals surface area (Å²) in [5.41, 5.74) is 5.33. The molecule has 0 bridgehead atoms. The van der Waals surface area contributed by atoms with Gasteiger partial charge in [0.15, 0.2) is 0 Å². The van der Waals surface area contributed by atoms with Crippen molar-refractivity contribution in [1.82, 2.24) is 0 Å². The lowest BCUT2D eigenvalue weighted by atomic mass is 10.1. The minimum absolute atomic E-state index is 0.142. The van der Waals surface area contributed by atoms with Crippen LogP contribution in [0.5, 0.6) is 0 Å². The van der Waals surface area contributed by atoms with Crippen LogP contribution in [0.2, 0.25) is 5.02 Å². The zero-order valence-electron chi connectivity index (χ0n) is 6.55. The predicted octanol–water partition coefficient (Wildman–Crippen LogP) is 1.69. The Balaban J connectivity index is 3.12. The minimum atomic E-state index is -1.08. The first-order chi connectivity index (χ1) is 6.00. The maximum absolute atomic E-state index is 12.9. The van der Waals surface area contributed by atoms with Crippen molar-refractivity contribution in [2.45, 2.75) is 6.42 Å². The molecule has 3 nitrogen and oxygen atoms in total. The minimum Gasteiger partial charge on any atom is -0.481 e. The van der Waals surface area contributed by atoms with E-state index in [1.165, 1.54) is 6.07 Å². The summed E-state index contributed by atoms with van der Waals surface area (Å²) >= 11 is 5.52. The number of nitrogen functional groups attached to an aromatic ring is 1. The van der Waals surface area contributed by atoms with E-state index in [4.69, 9.17) is 22.4 Å². The van der Waals surface area contributed by atoms with E-state index in [-0.39, 0.29) is 22.7 Å². The highest BCUT2D eigenvalue weighted by Crippen LogP contribution is 2.22. The summed E-state index contributed by atoms with van der Waals surface area (Å²) in [6.45, 7) is 0. The molecule has 0 radical (unpaired) electrons. The fourth-order valence-corrected chi connectivity index (χ4v) is 1.17. The van der Waals surface area contributed by atoms with Crippen LogP contribution in [0.3, 0.4) is 0 Å². The van der Waals surface area contributed by atoms with Gasteiger partial charge < -0.3 is 10.8 Å². The van der Waals surface area contributed by atoms with Crippen molar-refractivity contribution in [3.63, 3.8) is 0 Å². The van der Waals surface area contributed by atoms with Crippen LogP contribution >= 0.6 is 11.6 Å². The van der Waals surface area contributed by atoms with Crippen molar-refractivity contribution in [2.24, 2.45) is 0 Å². The molecule has 0 aromatic heterocycles. The SMILES string of the molecule is Nc1c(F)cc(Cl)cc1CC(=O)O. The van der Waals surface area contributed by atoms with Crippen LogP contribution in [0.1, 0.15) is 5.56 Å². The molecule has 5 heteroatoms. The molecule has 0 aliphatic rings. The second-order valence-corrected chi connectivity index (χ2v) is 2.97. The summed E-state index contributed by atoms with van der Waals surface area (Å²) in [5, 5.41) is 8.59. The molecule has 0 unspecified atom stereocenters. The van der Waals surface area contributed by atoms with Gasteiger partial charge in [-0.15, -0.1) is 0 Å². The molecule has 13 heavy (non-hydrogen) atoms. The number of aliphatic carboxylic acids is 1. The second-order valence-electron chi connectivity index (χ2n) is 2.53. The molecule has 0 saturated carbocycles. The molecule has 3 N–H and O–H groups in total. The Labute approximate surface area is 78.9 Å². The molecule has 0 aliphatic heterocycles. The van der Waals surface area contributed by atoms with E-state index in [2.05, 4.69) is 0 Å². The Morgan fingerprint density at radius 2 is 2.23 bits per heavy atom. The third-order valence-corrected chi connectivity index (χ3v) is 1.74. The number of hydrogen-bond acceptors (Lipinski definition) is 2. The lowest BCUT2D eigenvalue weighted by molar-refractivity contribution is -0.136. The summed E-state index contributed by atoms with van der Waals surface area (Å²) in [6, 6.07) is 2.39. The van der Waals surface area contributed by atoms with Crippen molar-refractivity contribution in [3.8, 4) is 0 Å². The molecule has 1 aromatic carbocycles. The van der Waals surface area contributed by atoms with Crippen LogP contribution in [-0.2, 0) is 11.2 Å². The summed E-state index contributed by atoms with van der Waals surface area (Å²) in [7, 11) is 0. The Kier molecular flexibility index (Phi) is 2.72. The van der Waals surface area contributed by atoms with Gasteiger partial charge >= 0.3 is 5.97 Å². The van der Waals surface area contributed by atoms with Gasteiger partial charge in [0, 0.05) is 5.02 Å². The normalized spacial score (nSPS) is 10.0. The number of anilines is 1. The van der Waals surface area contributed by atoms with Gasteiger partial charge in [-0.1, -0.05) is 11.6 Å². The number of carboxylic acids is 1. The highest BCUT2D eigenvalue weighted by molar-refractivity contribution is 6.30. The molecule has 0 atom stereocenters. The lowest BCUT2D eigenvalue weighted by Gasteiger charge is -2.04. The molecule has 0 fully saturated rings. The fourth-order valence-electron chi connectivity index (χ4n) is 0.947. The van der Waals surface area contributed by atoms with Gasteiger partial charge in [0.05, 0.1) is 12.1 Å². The Hall–Kier alpha value is -1.29. The lowest BCUT2D eigenvalue weighted by Crippen LogP contribution is -2.05. The quantitative estimate of drug-likeness (QED) is 0.719. The first-order valence-electron chi connectivity index (χ1n) is 3.46. The number of nitrogens with two attached hydrogens (primary N) is 1. The molecular weight excluding hydrogens is 197 g/mol. The molecule has 0 spiro atoms. The fraction of sp³-hybridized carbons (Fsp3) is 0.125. The van der Waals surface area contributed by atoms with E-state index in [1.54, 1.807) is 0 Å². The van der Waals surface area contributed by atoms with Crippen LogP contribution < -0.4 is 5.73 Å². The molecule has 0 saturated heterocycles. The Bertz CT molecular complexity index is 354. The number of rotatable bonds is 2. The average molecular weight is 204 g/mol. The molecule has 1 rings (SSSR count). The average Bonchev–Trinajstić information content (AvgIpc) is 1.98. The molecule has 0 amide bonds. The van der Waals surface area contributed by atoms with E-state index in [0.29, 0.717) is 0 Å². The van der Waals surface area contributed by atoms with E-state index in [1.807, 2.05) is 0 Å².